The summed E-state index contributed by atoms with van der Waals surface area (Å²) >= 11 is 1.53. The molecule has 1 amide bonds. The molecule has 4 aromatic rings. The Morgan fingerprint density at radius 1 is 1.06 bits per heavy atom. The van der Waals surface area contributed by atoms with E-state index in [9.17, 15) is 14.2 Å². The molecule has 1 atom stereocenters. The molecular weight excluding hydrogens is 705 g/mol. The molecule has 0 spiro atoms. The summed E-state index contributed by atoms with van der Waals surface area (Å²) < 4.78 is 32.6. The van der Waals surface area contributed by atoms with E-state index in [1.165, 1.54) is 11.3 Å². The number of likely N-dealkylation sites (N-methyl/N-ethyl adjacent to an activating group) is 1. The molecule has 0 saturated heterocycles. The van der Waals surface area contributed by atoms with Gasteiger partial charge in [-0.05, 0) is 48.7 Å². The number of carbonyl (C=O) groups is 1. The van der Waals surface area contributed by atoms with Gasteiger partial charge in [0.05, 0.1) is 54.5 Å². The average Bonchev–Trinajstić information content (AvgIpc) is 3.79. The molecule has 2 aliphatic heterocycles. The Morgan fingerprint density at radius 3 is 2.60 bits per heavy atom. The van der Waals surface area contributed by atoms with E-state index >= 15 is 0 Å². The lowest BCUT2D eigenvalue weighted by atomic mass is 9.94. The number of amides is 1. The molecule has 1 N–H and O–H groups in total. The van der Waals surface area contributed by atoms with Crippen LogP contribution in [-0.2, 0) is 50.1 Å². The van der Waals surface area contributed by atoms with Crippen molar-refractivity contribution in [1.29, 1.82) is 10.5 Å². The quantitative estimate of drug-likeness (QED) is 0.130. The first-order valence-electron chi connectivity index (χ1n) is 16.7. The fraction of sp³-hybridized carbons (Fsp3) is 0.429. The van der Waals surface area contributed by atoms with E-state index in [1.54, 1.807) is 17.0 Å². The number of carbonyl (C=O) groups excluding carboxylic acids is 1. The summed E-state index contributed by atoms with van der Waals surface area (Å²) in [6, 6.07) is 14.9. The summed E-state index contributed by atoms with van der Waals surface area (Å²) in [6.45, 7) is 9.82. The summed E-state index contributed by atoms with van der Waals surface area (Å²) in [4.78, 5) is 33.5. The third-order valence-corrected chi connectivity index (χ3v) is 11.9. The van der Waals surface area contributed by atoms with Gasteiger partial charge in [-0.15, -0.1) is 11.3 Å². The first-order valence-corrected chi connectivity index (χ1v) is 19.2. The lowest BCUT2D eigenvalue weighted by molar-refractivity contribution is 0.0999. The summed E-state index contributed by atoms with van der Waals surface area (Å²) in [7, 11) is -2.00. The topological polar surface area (TPSA) is 181 Å². The molecule has 272 valence electrons. The van der Waals surface area contributed by atoms with Crippen LogP contribution in [0.2, 0.25) is 0 Å². The highest BCUT2D eigenvalue weighted by molar-refractivity contribution is 7.53. The SMILES string of the molecule is Cc1c(-c2cc(Nc3cc4n(n3)CCN(C)C4)c(=O)n(COP(=O)(COCC#N)OCCC#N)n2)cccc1N1Cc2cc(C(C)(C)C)sc2C1=O. The molecule has 2 aliphatic rings. The largest absolute Gasteiger partial charge is 0.357 e. The van der Waals surface area contributed by atoms with Gasteiger partial charge in [-0.25, -0.2) is 4.68 Å². The Balaban J connectivity index is 1.36. The van der Waals surface area contributed by atoms with Crippen LogP contribution in [0.25, 0.3) is 11.3 Å². The number of rotatable bonds is 13. The van der Waals surface area contributed by atoms with Crippen molar-refractivity contribution >= 4 is 42.0 Å². The predicted octanol–water partition coefficient (Wildman–Crippen LogP) is 5.72. The number of thiophene rings is 1. The van der Waals surface area contributed by atoms with E-state index in [-0.39, 0.29) is 36.6 Å². The summed E-state index contributed by atoms with van der Waals surface area (Å²) in [6.07, 6.45) is -0.619. The van der Waals surface area contributed by atoms with E-state index in [0.717, 1.165) is 37.8 Å². The van der Waals surface area contributed by atoms with Crippen LogP contribution in [0.4, 0.5) is 17.2 Å². The molecule has 0 aliphatic carbocycles. The number of fused-ring (bicyclic) bond motifs is 2. The maximum atomic E-state index is 13.9. The molecule has 0 bridgehead atoms. The van der Waals surface area contributed by atoms with Crippen molar-refractivity contribution in [3.05, 3.63) is 73.3 Å². The summed E-state index contributed by atoms with van der Waals surface area (Å²) in [5.74, 6) is 0.404. The molecule has 0 radical (unpaired) electrons. The van der Waals surface area contributed by atoms with Gasteiger partial charge < -0.3 is 19.5 Å². The van der Waals surface area contributed by atoms with Crippen LogP contribution in [0, 0.1) is 29.6 Å². The molecule has 3 aromatic heterocycles. The average molecular weight is 746 g/mol. The van der Waals surface area contributed by atoms with Crippen LogP contribution in [0.1, 0.15) is 58.6 Å². The van der Waals surface area contributed by atoms with Crippen molar-refractivity contribution in [2.45, 2.75) is 65.9 Å². The minimum atomic E-state index is -4.03. The van der Waals surface area contributed by atoms with Crippen molar-refractivity contribution in [3.8, 4) is 23.4 Å². The maximum absolute atomic E-state index is 13.9. The van der Waals surface area contributed by atoms with Gasteiger partial charge in [0.1, 0.15) is 18.6 Å². The van der Waals surface area contributed by atoms with Crippen LogP contribution in [0.5, 0.6) is 0 Å². The van der Waals surface area contributed by atoms with Crippen molar-refractivity contribution in [3.63, 3.8) is 0 Å². The monoisotopic (exact) mass is 745 g/mol. The number of aromatic nitrogens is 4. The minimum Gasteiger partial charge on any atom is -0.354 e. The second-order valence-electron chi connectivity index (χ2n) is 13.7. The first-order chi connectivity index (χ1) is 24.8. The molecule has 1 aromatic carbocycles. The number of hydrogen-bond donors (Lipinski definition) is 1. The van der Waals surface area contributed by atoms with Crippen LogP contribution in [0.15, 0.2) is 41.2 Å². The molecule has 5 heterocycles. The molecule has 6 rings (SSSR count). The normalized spacial score (nSPS) is 15.5. The Hall–Kier alpha value is -4.67. The third-order valence-electron chi connectivity index (χ3n) is 8.71. The fourth-order valence-electron chi connectivity index (χ4n) is 5.98. The molecular formula is C35H40N9O6PS. The van der Waals surface area contributed by atoms with Crippen LogP contribution in [-0.4, -0.2) is 63.5 Å². The maximum Gasteiger partial charge on any atom is 0.357 e. The Kier molecular flexibility index (Phi) is 10.8. The van der Waals surface area contributed by atoms with E-state index in [0.29, 0.717) is 42.4 Å². The standard InChI is InChI=1S/C35H40N9O6PS/c1-23-26(8-6-9-29(23)42-19-24-16-30(35(2,3)4)52-32(24)34(42)46)27-18-28(38-31-17-25-20-41(5)12-13-43(25)40-31)33(45)44(39-27)21-50-51(47,22-48-15-11-37)49-14-7-10-36/h6,8-9,16-18H,7,12-15,19-22H2,1-5H3,(H,38,40). The van der Waals surface area contributed by atoms with Crippen molar-refractivity contribution < 1.29 is 23.1 Å². The van der Waals surface area contributed by atoms with Gasteiger partial charge in [0.15, 0.2) is 12.5 Å². The van der Waals surface area contributed by atoms with Gasteiger partial charge in [0.2, 0.25) is 0 Å². The zero-order valence-corrected chi connectivity index (χ0v) is 31.4. The van der Waals surface area contributed by atoms with Crippen LogP contribution < -0.4 is 15.8 Å². The molecule has 0 fully saturated rings. The van der Waals surface area contributed by atoms with E-state index in [1.807, 2.05) is 49.0 Å². The number of hydrogen-bond acceptors (Lipinski definition) is 13. The first kappa shape index (κ1) is 37.1. The van der Waals surface area contributed by atoms with Crippen LogP contribution in [0.3, 0.4) is 0 Å². The number of anilines is 3. The zero-order valence-electron chi connectivity index (χ0n) is 29.7. The zero-order chi connectivity index (χ0) is 37.2. The number of nitriles is 2. The number of ether oxygens (including phenoxy) is 1. The van der Waals surface area contributed by atoms with Gasteiger partial charge in [0.25, 0.3) is 11.5 Å². The van der Waals surface area contributed by atoms with Crippen molar-refractivity contribution in [2.24, 2.45) is 0 Å². The molecule has 17 heteroatoms. The number of nitrogens with zero attached hydrogens (tertiary/aromatic N) is 8. The van der Waals surface area contributed by atoms with Crippen molar-refractivity contribution in [2.75, 3.05) is 43.4 Å². The van der Waals surface area contributed by atoms with E-state index in [4.69, 9.17) is 24.3 Å². The molecule has 1 unspecified atom stereocenters. The molecule has 52 heavy (non-hydrogen) atoms. The molecule has 15 nitrogen and oxygen atoms in total. The highest BCUT2D eigenvalue weighted by atomic mass is 32.1. The van der Waals surface area contributed by atoms with Gasteiger partial charge in [-0.3, -0.25) is 28.3 Å². The smallest absolute Gasteiger partial charge is 0.354 e. The Labute approximate surface area is 305 Å². The van der Waals surface area contributed by atoms with Gasteiger partial charge in [0, 0.05) is 35.3 Å². The lowest BCUT2D eigenvalue weighted by Gasteiger charge is -2.22. The van der Waals surface area contributed by atoms with E-state index in [2.05, 4.69) is 47.3 Å². The Bertz CT molecular complexity index is 2170. The highest BCUT2D eigenvalue weighted by Crippen LogP contribution is 2.48. The second kappa shape index (κ2) is 15.1. The van der Waals surface area contributed by atoms with Crippen molar-refractivity contribution in [1.82, 2.24) is 24.5 Å². The molecule has 0 saturated carbocycles. The van der Waals surface area contributed by atoms with Gasteiger partial charge in [-0.1, -0.05) is 32.9 Å². The fourth-order valence-corrected chi connectivity index (χ4v) is 8.36. The second-order valence-corrected chi connectivity index (χ2v) is 16.7. The van der Waals surface area contributed by atoms with E-state index < -0.39 is 26.2 Å². The van der Waals surface area contributed by atoms with Gasteiger partial charge in [-0.2, -0.15) is 20.7 Å². The lowest BCUT2D eigenvalue weighted by Crippen LogP contribution is -2.30. The Morgan fingerprint density at radius 2 is 1.87 bits per heavy atom. The van der Waals surface area contributed by atoms with Gasteiger partial charge >= 0.3 is 7.60 Å². The summed E-state index contributed by atoms with van der Waals surface area (Å²) in [5, 5.41) is 30.3. The minimum absolute atomic E-state index is 0.0574. The predicted molar refractivity (Wildman–Crippen MR) is 195 cm³/mol. The highest BCUT2D eigenvalue weighted by Gasteiger charge is 2.34. The summed E-state index contributed by atoms with van der Waals surface area (Å²) in [5.41, 5.74) is 3.99. The number of nitrogens with one attached hydrogen (secondary N) is 1. The number of benzene rings is 1. The van der Waals surface area contributed by atoms with Crippen LogP contribution >= 0.6 is 18.9 Å². The third kappa shape index (κ3) is 7.88.